The van der Waals surface area contributed by atoms with E-state index in [-0.39, 0.29) is 17.6 Å². The molecule has 0 unspecified atom stereocenters. The number of amides is 1. The highest BCUT2D eigenvalue weighted by atomic mass is 16.5. The van der Waals surface area contributed by atoms with Crippen LogP contribution in [-0.2, 0) is 4.79 Å². The highest BCUT2D eigenvalue weighted by molar-refractivity contribution is 5.78. The van der Waals surface area contributed by atoms with Crippen LogP contribution in [0.2, 0.25) is 0 Å². The van der Waals surface area contributed by atoms with Crippen LogP contribution in [0.4, 0.5) is 0 Å². The first-order valence-corrected chi connectivity index (χ1v) is 5.26. The van der Waals surface area contributed by atoms with Crippen LogP contribution in [0, 0.1) is 0 Å². The summed E-state index contributed by atoms with van der Waals surface area (Å²) in [5.74, 6) is 1.03. The SMILES string of the molecule is C[C@@]12CCC(=O)N[C@@H]1c1ccccc1O2. The fourth-order valence-corrected chi connectivity index (χ4v) is 2.47. The van der Waals surface area contributed by atoms with Crippen LogP contribution in [0.25, 0.3) is 0 Å². The van der Waals surface area contributed by atoms with Gasteiger partial charge in [-0.2, -0.15) is 0 Å². The molecule has 1 aromatic carbocycles. The molecule has 2 aliphatic rings. The van der Waals surface area contributed by atoms with Crippen LogP contribution in [0.3, 0.4) is 0 Å². The number of ether oxygens (including phenoxy) is 1. The number of fused-ring (bicyclic) bond motifs is 3. The standard InChI is InChI=1S/C12H13NO2/c1-12-7-6-10(14)13-11(12)8-4-2-3-5-9(8)15-12/h2-5,11H,6-7H2,1H3,(H,13,14)/t11-,12-/m1/s1. The molecule has 15 heavy (non-hydrogen) atoms. The monoisotopic (exact) mass is 203 g/mol. The molecule has 78 valence electrons. The second-order valence-electron chi connectivity index (χ2n) is 4.45. The summed E-state index contributed by atoms with van der Waals surface area (Å²) in [5.41, 5.74) is 0.852. The van der Waals surface area contributed by atoms with Crippen molar-refractivity contribution in [1.29, 1.82) is 0 Å². The van der Waals surface area contributed by atoms with Gasteiger partial charge in [-0.25, -0.2) is 0 Å². The van der Waals surface area contributed by atoms with Gasteiger partial charge in [-0.3, -0.25) is 4.79 Å². The number of piperidine rings is 1. The van der Waals surface area contributed by atoms with E-state index >= 15 is 0 Å². The first kappa shape index (κ1) is 8.77. The average Bonchev–Trinajstić information content (AvgIpc) is 2.51. The number of hydrogen-bond acceptors (Lipinski definition) is 2. The van der Waals surface area contributed by atoms with Gasteiger partial charge in [0.05, 0.1) is 6.04 Å². The van der Waals surface area contributed by atoms with Gasteiger partial charge in [0.2, 0.25) is 5.91 Å². The maximum absolute atomic E-state index is 11.4. The molecule has 1 saturated heterocycles. The van der Waals surface area contributed by atoms with E-state index in [1.54, 1.807) is 0 Å². The maximum atomic E-state index is 11.4. The molecule has 3 rings (SSSR count). The Kier molecular flexibility index (Phi) is 1.61. The fourth-order valence-electron chi connectivity index (χ4n) is 2.47. The third-order valence-corrected chi connectivity index (χ3v) is 3.34. The maximum Gasteiger partial charge on any atom is 0.220 e. The van der Waals surface area contributed by atoms with Gasteiger partial charge in [-0.15, -0.1) is 0 Å². The van der Waals surface area contributed by atoms with Gasteiger partial charge in [0, 0.05) is 12.0 Å². The number of nitrogens with one attached hydrogen (secondary N) is 1. The van der Waals surface area contributed by atoms with Gasteiger partial charge in [0.15, 0.2) is 0 Å². The van der Waals surface area contributed by atoms with Crippen molar-refractivity contribution in [3.63, 3.8) is 0 Å². The molecule has 0 saturated carbocycles. The van der Waals surface area contributed by atoms with Crippen LogP contribution in [0.5, 0.6) is 5.75 Å². The first-order valence-electron chi connectivity index (χ1n) is 5.26. The summed E-state index contributed by atoms with van der Waals surface area (Å²) in [4.78, 5) is 11.4. The predicted molar refractivity (Wildman–Crippen MR) is 55.6 cm³/mol. The number of para-hydroxylation sites is 1. The molecule has 1 N–H and O–H groups in total. The Labute approximate surface area is 88.4 Å². The van der Waals surface area contributed by atoms with Crippen molar-refractivity contribution in [2.75, 3.05) is 0 Å². The Bertz CT molecular complexity index is 429. The topological polar surface area (TPSA) is 38.3 Å². The van der Waals surface area contributed by atoms with E-state index in [2.05, 4.69) is 12.2 Å². The molecule has 0 radical (unpaired) electrons. The van der Waals surface area contributed by atoms with Crippen molar-refractivity contribution in [2.24, 2.45) is 0 Å². The highest BCUT2D eigenvalue weighted by Gasteiger charge is 2.48. The second-order valence-corrected chi connectivity index (χ2v) is 4.45. The van der Waals surface area contributed by atoms with Crippen molar-refractivity contribution >= 4 is 5.91 Å². The van der Waals surface area contributed by atoms with E-state index in [9.17, 15) is 4.79 Å². The lowest BCUT2D eigenvalue weighted by Gasteiger charge is -2.35. The zero-order valence-electron chi connectivity index (χ0n) is 8.62. The zero-order chi connectivity index (χ0) is 10.5. The molecule has 0 aliphatic carbocycles. The molecule has 3 heteroatoms. The fraction of sp³-hybridized carbons (Fsp3) is 0.417. The van der Waals surface area contributed by atoms with Crippen LogP contribution >= 0.6 is 0 Å². The number of rotatable bonds is 0. The van der Waals surface area contributed by atoms with Crippen molar-refractivity contribution in [3.8, 4) is 5.75 Å². The van der Waals surface area contributed by atoms with Gasteiger partial charge < -0.3 is 10.1 Å². The molecular formula is C12H13NO2. The lowest BCUT2D eigenvalue weighted by Crippen LogP contribution is -2.49. The summed E-state index contributed by atoms with van der Waals surface area (Å²) in [5, 5.41) is 3.01. The number of hydrogen-bond donors (Lipinski definition) is 1. The molecule has 2 heterocycles. The summed E-state index contributed by atoms with van der Waals surface area (Å²) in [6.45, 7) is 2.07. The molecule has 0 spiro atoms. The van der Waals surface area contributed by atoms with Crippen LogP contribution in [0.1, 0.15) is 31.4 Å². The molecule has 2 aliphatic heterocycles. The van der Waals surface area contributed by atoms with Gasteiger partial charge >= 0.3 is 0 Å². The van der Waals surface area contributed by atoms with Gasteiger partial charge in [-0.05, 0) is 19.4 Å². The zero-order valence-corrected chi connectivity index (χ0v) is 8.62. The van der Waals surface area contributed by atoms with Gasteiger partial charge in [-0.1, -0.05) is 18.2 Å². The van der Waals surface area contributed by atoms with E-state index in [0.717, 1.165) is 17.7 Å². The summed E-state index contributed by atoms with van der Waals surface area (Å²) < 4.78 is 5.93. The molecule has 3 nitrogen and oxygen atoms in total. The number of carbonyl (C=O) groups is 1. The second kappa shape index (κ2) is 2.75. The Morgan fingerprint density at radius 1 is 1.47 bits per heavy atom. The highest BCUT2D eigenvalue weighted by Crippen LogP contribution is 2.46. The van der Waals surface area contributed by atoms with Crippen molar-refractivity contribution in [1.82, 2.24) is 5.32 Å². The summed E-state index contributed by atoms with van der Waals surface area (Å²) in [6.07, 6.45) is 1.35. The quantitative estimate of drug-likeness (QED) is 0.698. The normalized spacial score (nSPS) is 32.6. The molecule has 1 fully saturated rings. The lowest BCUT2D eigenvalue weighted by molar-refractivity contribution is -0.127. The molecule has 2 atom stereocenters. The van der Waals surface area contributed by atoms with Gasteiger partial charge in [0.25, 0.3) is 0 Å². The lowest BCUT2D eigenvalue weighted by atomic mass is 9.85. The summed E-state index contributed by atoms with van der Waals surface area (Å²) in [6, 6.07) is 7.95. The Hall–Kier alpha value is -1.51. The average molecular weight is 203 g/mol. The predicted octanol–water partition coefficient (Wildman–Crippen LogP) is 1.79. The van der Waals surface area contributed by atoms with Crippen molar-refractivity contribution in [3.05, 3.63) is 29.8 Å². The Morgan fingerprint density at radius 2 is 2.27 bits per heavy atom. The molecule has 0 aromatic heterocycles. The van der Waals surface area contributed by atoms with Crippen LogP contribution in [0.15, 0.2) is 24.3 Å². The summed E-state index contributed by atoms with van der Waals surface area (Å²) >= 11 is 0. The third kappa shape index (κ3) is 1.16. The van der Waals surface area contributed by atoms with E-state index in [4.69, 9.17) is 4.74 Å². The molecule has 1 amide bonds. The third-order valence-electron chi connectivity index (χ3n) is 3.34. The van der Waals surface area contributed by atoms with Crippen molar-refractivity contribution in [2.45, 2.75) is 31.4 Å². The number of carbonyl (C=O) groups excluding carboxylic acids is 1. The smallest absolute Gasteiger partial charge is 0.220 e. The van der Waals surface area contributed by atoms with Crippen LogP contribution in [-0.4, -0.2) is 11.5 Å². The van der Waals surface area contributed by atoms with Gasteiger partial charge in [0.1, 0.15) is 11.4 Å². The first-order chi connectivity index (χ1) is 7.19. The van der Waals surface area contributed by atoms with Crippen molar-refractivity contribution < 1.29 is 9.53 Å². The number of benzene rings is 1. The van der Waals surface area contributed by atoms with E-state index < -0.39 is 0 Å². The summed E-state index contributed by atoms with van der Waals surface area (Å²) in [7, 11) is 0. The Morgan fingerprint density at radius 3 is 3.13 bits per heavy atom. The van der Waals surface area contributed by atoms with Crippen LogP contribution < -0.4 is 10.1 Å². The minimum Gasteiger partial charge on any atom is -0.485 e. The molecule has 0 bridgehead atoms. The Balaban J connectivity index is 2.07. The van der Waals surface area contributed by atoms with E-state index in [1.807, 2.05) is 24.3 Å². The van der Waals surface area contributed by atoms with E-state index in [1.165, 1.54) is 0 Å². The van der Waals surface area contributed by atoms with E-state index in [0.29, 0.717) is 6.42 Å². The molecule has 1 aromatic rings. The minimum atomic E-state index is -0.252. The minimum absolute atomic E-state index is 0.0231. The largest absolute Gasteiger partial charge is 0.485 e. The molecular weight excluding hydrogens is 190 g/mol.